The largest absolute Gasteiger partial charge is 0.376 e. The second-order valence-corrected chi connectivity index (χ2v) is 9.38. The van der Waals surface area contributed by atoms with Crippen LogP contribution in [0.2, 0.25) is 0 Å². The summed E-state index contributed by atoms with van der Waals surface area (Å²) in [6.45, 7) is 0.975. The molecule has 1 saturated heterocycles. The molecule has 2 fully saturated rings. The topological polar surface area (TPSA) is 81.4 Å². The Balaban J connectivity index is 1.79. The third-order valence-electron chi connectivity index (χ3n) is 3.73. The summed E-state index contributed by atoms with van der Waals surface area (Å²) in [6.07, 6.45) is 3.06. The number of halogens is 1. The average molecular weight is 381 g/mol. The van der Waals surface area contributed by atoms with Crippen molar-refractivity contribution in [2.75, 3.05) is 6.61 Å². The quantitative estimate of drug-likeness (QED) is 0.815. The maximum absolute atomic E-state index is 12.5. The Morgan fingerprint density at radius 3 is 2.80 bits per heavy atom. The van der Waals surface area contributed by atoms with Gasteiger partial charge in [-0.15, -0.1) is 11.3 Å². The van der Waals surface area contributed by atoms with E-state index in [0.717, 1.165) is 24.1 Å². The van der Waals surface area contributed by atoms with Gasteiger partial charge in [-0.25, -0.2) is 13.1 Å². The van der Waals surface area contributed by atoms with Gasteiger partial charge < -0.3 is 10.5 Å². The highest BCUT2D eigenvalue weighted by molar-refractivity contribution is 9.11. The molecule has 0 amide bonds. The molecule has 1 aromatic rings. The molecule has 1 aromatic heterocycles. The molecule has 20 heavy (non-hydrogen) atoms. The zero-order chi connectivity index (χ0) is 14.3. The fraction of sp³-hybridized carbons (Fsp3) is 0.667. The molecule has 112 valence electrons. The maximum atomic E-state index is 12.5. The van der Waals surface area contributed by atoms with Crippen LogP contribution in [0, 0.1) is 5.92 Å². The predicted molar refractivity (Wildman–Crippen MR) is 81.1 cm³/mol. The van der Waals surface area contributed by atoms with E-state index in [-0.39, 0.29) is 17.0 Å². The Hall–Kier alpha value is 0.01000. The molecule has 1 saturated carbocycles. The molecule has 0 aromatic carbocycles. The SMILES string of the molecule is NCc1cc(S(=O)(=O)NC2CCOC2C2CC2)c(Br)s1. The van der Waals surface area contributed by atoms with E-state index in [2.05, 4.69) is 20.7 Å². The second kappa shape index (κ2) is 5.66. The summed E-state index contributed by atoms with van der Waals surface area (Å²) in [4.78, 5) is 1.13. The zero-order valence-electron chi connectivity index (χ0n) is 10.8. The second-order valence-electron chi connectivity index (χ2n) is 5.24. The monoisotopic (exact) mass is 380 g/mol. The third kappa shape index (κ3) is 2.95. The van der Waals surface area contributed by atoms with Crippen molar-refractivity contribution in [2.45, 2.75) is 42.8 Å². The first kappa shape index (κ1) is 14.9. The Kier molecular flexibility index (Phi) is 4.22. The fourth-order valence-corrected chi connectivity index (χ4v) is 6.41. The number of ether oxygens (including phenoxy) is 1. The lowest BCUT2D eigenvalue weighted by Crippen LogP contribution is -2.41. The Bertz CT molecular complexity index is 598. The Morgan fingerprint density at radius 1 is 1.45 bits per heavy atom. The van der Waals surface area contributed by atoms with Crippen LogP contribution >= 0.6 is 27.3 Å². The minimum Gasteiger partial charge on any atom is -0.376 e. The van der Waals surface area contributed by atoms with Crippen molar-refractivity contribution in [3.63, 3.8) is 0 Å². The molecule has 2 atom stereocenters. The van der Waals surface area contributed by atoms with E-state index in [0.29, 0.717) is 22.9 Å². The molecular formula is C12H17BrN2O3S2. The summed E-state index contributed by atoms with van der Waals surface area (Å²) in [5.74, 6) is 0.524. The van der Waals surface area contributed by atoms with Gasteiger partial charge in [0.15, 0.2) is 0 Å². The first-order chi connectivity index (χ1) is 9.51. The van der Waals surface area contributed by atoms with Gasteiger partial charge >= 0.3 is 0 Å². The lowest BCUT2D eigenvalue weighted by Gasteiger charge is -2.19. The van der Waals surface area contributed by atoms with Crippen molar-refractivity contribution in [3.8, 4) is 0 Å². The number of rotatable bonds is 5. The minimum atomic E-state index is -3.52. The first-order valence-electron chi connectivity index (χ1n) is 6.63. The van der Waals surface area contributed by atoms with E-state index in [9.17, 15) is 8.42 Å². The molecule has 8 heteroatoms. The van der Waals surface area contributed by atoms with Crippen LogP contribution in [-0.4, -0.2) is 27.2 Å². The number of hydrogen-bond acceptors (Lipinski definition) is 5. The molecule has 2 aliphatic rings. The van der Waals surface area contributed by atoms with Crippen LogP contribution < -0.4 is 10.5 Å². The van der Waals surface area contributed by atoms with E-state index < -0.39 is 10.0 Å². The summed E-state index contributed by atoms with van der Waals surface area (Å²) in [5.41, 5.74) is 5.56. The van der Waals surface area contributed by atoms with Crippen LogP contribution in [0.4, 0.5) is 0 Å². The summed E-state index contributed by atoms with van der Waals surface area (Å²) >= 11 is 4.67. The van der Waals surface area contributed by atoms with Crippen LogP contribution in [0.25, 0.3) is 0 Å². The van der Waals surface area contributed by atoms with Crippen LogP contribution in [0.3, 0.4) is 0 Å². The number of nitrogens with two attached hydrogens (primary N) is 1. The van der Waals surface area contributed by atoms with Gasteiger partial charge in [0.2, 0.25) is 10.0 Å². The highest BCUT2D eigenvalue weighted by Crippen LogP contribution is 2.39. The van der Waals surface area contributed by atoms with Gasteiger partial charge in [-0.2, -0.15) is 0 Å². The van der Waals surface area contributed by atoms with Crippen molar-refractivity contribution in [1.29, 1.82) is 0 Å². The number of sulfonamides is 1. The summed E-state index contributed by atoms with van der Waals surface area (Å²) in [5, 5.41) is 0. The summed E-state index contributed by atoms with van der Waals surface area (Å²) in [6, 6.07) is 1.53. The van der Waals surface area contributed by atoms with Gasteiger partial charge in [0.25, 0.3) is 0 Å². The average Bonchev–Trinajstić information content (AvgIpc) is 3.01. The molecule has 0 spiro atoms. The Labute approximate surface area is 131 Å². The molecule has 5 nitrogen and oxygen atoms in total. The van der Waals surface area contributed by atoms with Crippen LogP contribution in [0.5, 0.6) is 0 Å². The lowest BCUT2D eigenvalue weighted by molar-refractivity contribution is 0.0848. The molecule has 3 N–H and O–H groups in total. The van der Waals surface area contributed by atoms with E-state index in [1.807, 2.05) is 0 Å². The first-order valence-corrected chi connectivity index (χ1v) is 9.73. The van der Waals surface area contributed by atoms with Crippen molar-refractivity contribution in [2.24, 2.45) is 11.7 Å². The summed E-state index contributed by atoms with van der Waals surface area (Å²) < 4.78 is 34.1. The molecule has 3 rings (SSSR count). The minimum absolute atomic E-state index is 0.0381. The highest BCUT2D eigenvalue weighted by Gasteiger charge is 2.42. The van der Waals surface area contributed by atoms with Gasteiger partial charge in [0.1, 0.15) is 4.90 Å². The number of thiophene rings is 1. The van der Waals surface area contributed by atoms with E-state index in [1.54, 1.807) is 6.07 Å². The molecule has 0 radical (unpaired) electrons. The van der Waals surface area contributed by atoms with Gasteiger partial charge in [-0.3, -0.25) is 0 Å². The summed E-state index contributed by atoms with van der Waals surface area (Å²) in [7, 11) is -3.52. The predicted octanol–water partition coefficient (Wildman–Crippen LogP) is 1.82. The van der Waals surface area contributed by atoms with Crippen molar-refractivity contribution >= 4 is 37.3 Å². The van der Waals surface area contributed by atoms with Gasteiger partial charge in [-0.05, 0) is 47.2 Å². The Morgan fingerprint density at radius 2 is 2.20 bits per heavy atom. The van der Waals surface area contributed by atoms with Crippen LogP contribution in [0.1, 0.15) is 24.1 Å². The molecule has 2 heterocycles. The van der Waals surface area contributed by atoms with Crippen molar-refractivity contribution < 1.29 is 13.2 Å². The van der Waals surface area contributed by atoms with E-state index in [1.165, 1.54) is 11.3 Å². The van der Waals surface area contributed by atoms with Crippen molar-refractivity contribution in [3.05, 3.63) is 14.7 Å². The van der Waals surface area contributed by atoms with Crippen molar-refractivity contribution in [1.82, 2.24) is 4.72 Å². The molecule has 0 bridgehead atoms. The lowest BCUT2D eigenvalue weighted by atomic mass is 10.1. The van der Waals surface area contributed by atoms with Gasteiger partial charge in [0, 0.05) is 18.0 Å². The number of hydrogen-bond donors (Lipinski definition) is 2. The standard InChI is InChI=1S/C12H17BrN2O3S2/c13-12-10(5-8(6-14)19-12)20(16,17)15-9-3-4-18-11(9)7-1-2-7/h5,7,9,11,15H,1-4,6,14H2. The highest BCUT2D eigenvalue weighted by atomic mass is 79.9. The van der Waals surface area contributed by atoms with Crippen LogP contribution in [-0.2, 0) is 21.3 Å². The maximum Gasteiger partial charge on any atom is 0.242 e. The fourth-order valence-electron chi connectivity index (χ4n) is 2.57. The third-order valence-corrected chi connectivity index (χ3v) is 7.49. The van der Waals surface area contributed by atoms with Gasteiger partial charge in [-0.1, -0.05) is 0 Å². The molecule has 1 aliphatic heterocycles. The van der Waals surface area contributed by atoms with Crippen LogP contribution in [0.15, 0.2) is 14.7 Å². The normalized spacial score (nSPS) is 27.1. The molecular weight excluding hydrogens is 364 g/mol. The molecule has 2 unspecified atom stereocenters. The van der Waals surface area contributed by atoms with E-state index in [4.69, 9.17) is 10.5 Å². The number of nitrogens with one attached hydrogen (secondary N) is 1. The smallest absolute Gasteiger partial charge is 0.242 e. The zero-order valence-corrected chi connectivity index (χ0v) is 14.1. The van der Waals surface area contributed by atoms with E-state index >= 15 is 0 Å². The van der Waals surface area contributed by atoms with Gasteiger partial charge in [0.05, 0.1) is 15.9 Å². The molecule has 1 aliphatic carbocycles.